The van der Waals surface area contributed by atoms with Crippen LogP contribution in [0.5, 0.6) is 5.75 Å². The number of rotatable bonds is 2. The minimum absolute atomic E-state index is 0.127. The maximum absolute atomic E-state index is 9.42. The summed E-state index contributed by atoms with van der Waals surface area (Å²) in [5, 5.41) is 22.9. The summed E-state index contributed by atoms with van der Waals surface area (Å²) in [5.74, 6) is 1.22. The van der Waals surface area contributed by atoms with E-state index in [1.165, 1.54) is 17.5 Å². The van der Waals surface area contributed by atoms with Crippen LogP contribution in [-0.2, 0) is 0 Å². The summed E-state index contributed by atoms with van der Waals surface area (Å²) in [6, 6.07) is 1.63. The highest BCUT2D eigenvalue weighted by molar-refractivity contribution is 7.19. The Morgan fingerprint density at radius 3 is 2.83 bits per heavy atom. The minimum Gasteiger partial charge on any atom is -0.506 e. The van der Waals surface area contributed by atoms with Crippen LogP contribution < -0.4 is 0 Å². The molecule has 6 nitrogen and oxygen atoms in total. The second-order valence-corrected chi connectivity index (χ2v) is 5.20. The maximum atomic E-state index is 9.42. The first-order valence-corrected chi connectivity index (χ1v) is 6.33. The average molecular weight is 261 g/mol. The molecule has 0 atom stereocenters. The Hall–Kier alpha value is -2.02. The predicted molar refractivity (Wildman–Crippen MR) is 67.6 cm³/mol. The molecule has 0 radical (unpaired) electrons. The summed E-state index contributed by atoms with van der Waals surface area (Å²) in [5.41, 5.74) is 0.778. The van der Waals surface area contributed by atoms with Gasteiger partial charge in [-0.2, -0.15) is 9.61 Å². The molecule has 0 aromatic carbocycles. The normalized spacial score (nSPS) is 11.5. The van der Waals surface area contributed by atoms with E-state index in [-0.39, 0.29) is 11.7 Å². The van der Waals surface area contributed by atoms with Gasteiger partial charge in [0, 0.05) is 17.7 Å². The zero-order valence-corrected chi connectivity index (χ0v) is 10.7. The van der Waals surface area contributed by atoms with Crippen molar-refractivity contribution in [3.63, 3.8) is 0 Å². The summed E-state index contributed by atoms with van der Waals surface area (Å²) in [4.78, 5) is 4.69. The van der Waals surface area contributed by atoms with E-state index in [9.17, 15) is 5.11 Å². The largest absolute Gasteiger partial charge is 0.506 e. The smallest absolute Gasteiger partial charge is 0.234 e. The van der Waals surface area contributed by atoms with E-state index in [1.54, 1.807) is 16.8 Å². The van der Waals surface area contributed by atoms with Crippen molar-refractivity contribution in [2.45, 2.75) is 19.8 Å². The monoisotopic (exact) mass is 261 g/mol. The fourth-order valence-corrected chi connectivity index (χ4v) is 2.48. The highest BCUT2D eigenvalue weighted by Gasteiger charge is 2.15. The molecule has 0 bridgehead atoms. The molecule has 0 saturated heterocycles. The molecular formula is C11H11N5OS. The summed E-state index contributed by atoms with van der Waals surface area (Å²) in [6.07, 6.45) is 3.06. The van der Waals surface area contributed by atoms with E-state index in [0.29, 0.717) is 0 Å². The van der Waals surface area contributed by atoms with Crippen molar-refractivity contribution in [1.29, 1.82) is 0 Å². The van der Waals surface area contributed by atoms with Crippen LogP contribution in [0.1, 0.15) is 25.6 Å². The number of hydrogen-bond donors (Lipinski definition) is 1. The van der Waals surface area contributed by atoms with Crippen LogP contribution in [0.15, 0.2) is 18.5 Å². The first-order valence-electron chi connectivity index (χ1n) is 5.51. The van der Waals surface area contributed by atoms with Gasteiger partial charge < -0.3 is 5.11 Å². The van der Waals surface area contributed by atoms with Crippen molar-refractivity contribution < 1.29 is 5.11 Å². The molecule has 3 aromatic heterocycles. The molecule has 0 unspecified atom stereocenters. The van der Waals surface area contributed by atoms with Crippen LogP contribution in [0.2, 0.25) is 0 Å². The molecule has 0 aliphatic rings. The van der Waals surface area contributed by atoms with Gasteiger partial charge in [0.25, 0.3) is 0 Å². The van der Waals surface area contributed by atoms with Gasteiger partial charge >= 0.3 is 0 Å². The number of fused-ring (bicyclic) bond motifs is 1. The van der Waals surface area contributed by atoms with Gasteiger partial charge in [-0.05, 0) is 6.07 Å². The van der Waals surface area contributed by atoms with Gasteiger partial charge in [0.15, 0.2) is 5.82 Å². The second kappa shape index (κ2) is 4.02. The summed E-state index contributed by atoms with van der Waals surface area (Å²) >= 11 is 1.42. The molecule has 92 valence electrons. The molecule has 7 heteroatoms. The Morgan fingerprint density at radius 1 is 1.28 bits per heavy atom. The average Bonchev–Trinajstić information content (AvgIpc) is 2.87. The summed E-state index contributed by atoms with van der Waals surface area (Å²) in [7, 11) is 0. The summed E-state index contributed by atoms with van der Waals surface area (Å²) < 4.78 is 1.74. The van der Waals surface area contributed by atoms with Crippen molar-refractivity contribution in [3.05, 3.63) is 24.3 Å². The zero-order chi connectivity index (χ0) is 12.7. The van der Waals surface area contributed by atoms with Crippen molar-refractivity contribution >= 4 is 16.3 Å². The highest BCUT2D eigenvalue weighted by Crippen LogP contribution is 2.27. The second-order valence-electron chi connectivity index (χ2n) is 4.25. The third kappa shape index (κ3) is 1.72. The Bertz CT molecular complexity index is 702. The topological polar surface area (TPSA) is 76.2 Å². The molecule has 3 aromatic rings. The molecule has 0 spiro atoms. The van der Waals surface area contributed by atoms with Gasteiger partial charge in [0.2, 0.25) is 4.96 Å². The van der Waals surface area contributed by atoms with Gasteiger partial charge in [-0.25, -0.2) is 0 Å². The third-order valence-electron chi connectivity index (χ3n) is 2.50. The Morgan fingerprint density at radius 2 is 2.11 bits per heavy atom. The predicted octanol–water partition coefficient (Wildman–Crippen LogP) is 2.08. The van der Waals surface area contributed by atoms with E-state index < -0.39 is 0 Å². The number of aromatic nitrogens is 5. The molecule has 1 N–H and O–H groups in total. The molecule has 3 heterocycles. The van der Waals surface area contributed by atoms with Crippen LogP contribution in [0.25, 0.3) is 15.5 Å². The lowest BCUT2D eigenvalue weighted by Gasteiger charge is -1.98. The number of aromatic hydroxyl groups is 1. The molecule has 18 heavy (non-hydrogen) atoms. The van der Waals surface area contributed by atoms with Crippen molar-refractivity contribution in [3.8, 4) is 16.3 Å². The SMILES string of the molecule is CC(C)c1nnc2sc(-c3cncc(O)c3)nn12. The van der Waals surface area contributed by atoms with Gasteiger partial charge in [-0.1, -0.05) is 25.2 Å². The lowest BCUT2D eigenvalue weighted by Crippen LogP contribution is -1.97. The van der Waals surface area contributed by atoms with E-state index in [4.69, 9.17) is 0 Å². The Kier molecular flexibility index (Phi) is 2.48. The molecule has 0 saturated carbocycles. The molecule has 0 aliphatic heterocycles. The first-order chi connectivity index (χ1) is 8.65. The third-order valence-corrected chi connectivity index (χ3v) is 3.45. The zero-order valence-electron chi connectivity index (χ0n) is 9.90. The molecular weight excluding hydrogens is 250 g/mol. The number of nitrogens with zero attached hydrogens (tertiary/aromatic N) is 5. The van der Waals surface area contributed by atoms with Crippen molar-refractivity contribution in [2.24, 2.45) is 0 Å². The van der Waals surface area contributed by atoms with Gasteiger partial charge in [-0.3, -0.25) is 4.98 Å². The van der Waals surface area contributed by atoms with Crippen LogP contribution in [0.3, 0.4) is 0 Å². The fraction of sp³-hybridized carbons (Fsp3) is 0.273. The Labute approximate surface area is 107 Å². The lowest BCUT2D eigenvalue weighted by molar-refractivity contribution is 0.473. The summed E-state index contributed by atoms with van der Waals surface area (Å²) in [6.45, 7) is 4.09. The minimum atomic E-state index is 0.127. The number of pyridine rings is 1. The van der Waals surface area contributed by atoms with Gasteiger partial charge in [-0.15, -0.1) is 10.2 Å². The van der Waals surface area contributed by atoms with E-state index in [1.807, 2.05) is 13.8 Å². The standard InChI is InChI=1S/C11H11N5OS/c1-6(2)9-13-14-11-16(9)15-10(18-11)7-3-8(17)5-12-4-7/h3-6,17H,1-2H3. The molecule has 0 fully saturated rings. The molecule has 3 rings (SSSR count). The van der Waals surface area contributed by atoms with Gasteiger partial charge in [0.05, 0.1) is 6.20 Å². The fourth-order valence-electron chi connectivity index (χ4n) is 1.65. The first kappa shape index (κ1) is 11.1. The quantitative estimate of drug-likeness (QED) is 0.764. The van der Waals surface area contributed by atoms with Gasteiger partial charge in [0.1, 0.15) is 10.8 Å². The van der Waals surface area contributed by atoms with Crippen LogP contribution in [0.4, 0.5) is 0 Å². The molecule has 0 aliphatic carbocycles. The molecule has 0 amide bonds. The van der Waals surface area contributed by atoms with Crippen LogP contribution in [0, 0.1) is 0 Å². The van der Waals surface area contributed by atoms with Crippen molar-refractivity contribution in [2.75, 3.05) is 0 Å². The maximum Gasteiger partial charge on any atom is 0.234 e. The van der Waals surface area contributed by atoms with Crippen molar-refractivity contribution in [1.82, 2.24) is 24.8 Å². The van der Waals surface area contributed by atoms with E-state index in [2.05, 4.69) is 20.3 Å². The Balaban J connectivity index is 2.14. The van der Waals surface area contributed by atoms with Crippen LogP contribution in [-0.4, -0.2) is 29.9 Å². The highest BCUT2D eigenvalue weighted by atomic mass is 32.1. The lowest BCUT2D eigenvalue weighted by atomic mass is 10.2. The number of hydrogen-bond acceptors (Lipinski definition) is 6. The van der Waals surface area contributed by atoms with E-state index in [0.717, 1.165) is 21.4 Å². The van der Waals surface area contributed by atoms with E-state index >= 15 is 0 Å². The van der Waals surface area contributed by atoms with Crippen LogP contribution >= 0.6 is 11.3 Å².